The molecule has 142 valence electrons. The van der Waals surface area contributed by atoms with Crippen LogP contribution in [0.4, 0.5) is 4.79 Å². The van der Waals surface area contributed by atoms with Crippen molar-refractivity contribution in [2.75, 3.05) is 6.61 Å². The van der Waals surface area contributed by atoms with E-state index in [1.807, 2.05) is 35.7 Å². The van der Waals surface area contributed by atoms with Gasteiger partial charge in [0.05, 0.1) is 18.2 Å². The molecule has 5 nitrogen and oxygen atoms in total. The van der Waals surface area contributed by atoms with Crippen molar-refractivity contribution in [3.8, 4) is 0 Å². The molecule has 0 radical (unpaired) electrons. The maximum absolute atomic E-state index is 12.4. The number of carbonyl (C=O) groups excluding carboxylic acids is 2. The average molecular weight is 423 g/mol. The van der Waals surface area contributed by atoms with Crippen LogP contribution in [-0.4, -0.2) is 18.6 Å². The summed E-state index contributed by atoms with van der Waals surface area (Å²) < 4.78 is 5.16. The van der Waals surface area contributed by atoms with Crippen LogP contribution in [0.5, 0.6) is 0 Å². The summed E-state index contributed by atoms with van der Waals surface area (Å²) in [5.74, 6) is 0.368. The predicted octanol–water partition coefficient (Wildman–Crippen LogP) is 4.88. The van der Waals surface area contributed by atoms with Crippen molar-refractivity contribution in [3.05, 3.63) is 62.4 Å². The van der Waals surface area contributed by atoms with Crippen LogP contribution in [-0.2, 0) is 15.3 Å². The fourth-order valence-electron chi connectivity index (χ4n) is 2.71. The van der Waals surface area contributed by atoms with E-state index in [9.17, 15) is 9.59 Å². The number of thiophene rings is 1. The molecule has 0 spiro atoms. The molecule has 2 amide bonds. The lowest BCUT2D eigenvalue weighted by Gasteiger charge is -2.27. The van der Waals surface area contributed by atoms with Gasteiger partial charge in [-0.2, -0.15) is 0 Å². The fourth-order valence-corrected chi connectivity index (χ4v) is 4.74. The van der Waals surface area contributed by atoms with E-state index in [4.69, 9.17) is 16.3 Å². The number of benzene rings is 1. The Kier molecular flexibility index (Phi) is 6.46. The van der Waals surface area contributed by atoms with Crippen LogP contribution >= 0.6 is 34.7 Å². The molecular formula is C19H19ClN2O3S2. The van der Waals surface area contributed by atoms with E-state index in [0.717, 1.165) is 21.1 Å². The third-order valence-electron chi connectivity index (χ3n) is 3.94. The number of amides is 2. The zero-order valence-corrected chi connectivity index (χ0v) is 17.3. The lowest BCUT2D eigenvalue weighted by molar-refractivity contribution is -0.139. The highest BCUT2D eigenvalue weighted by atomic mass is 35.5. The van der Waals surface area contributed by atoms with Gasteiger partial charge in [-0.3, -0.25) is 0 Å². The number of esters is 1. The second-order valence-corrected chi connectivity index (χ2v) is 8.32. The van der Waals surface area contributed by atoms with E-state index in [0.29, 0.717) is 16.3 Å². The molecule has 2 heterocycles. The van der Waals surface area contributed by atoms with Gasteiger partial charge in [0, 0.05) is 26.2 Å². The van der Waals surface area contributed by atoms with Gasteiger partial charge in [-0.05, 0) is 55.1 Å². The lowest BCUT2D eigenvalue weighted by atomic mass is 10.0. The fraction of sp³-hybridized carbons (Fsp3) is 0.263. The van der Waals surface area contributed by atoms with Gasteiger partial charge in [-0.25, -0.2) is 9.59 Å². The van der Waals surface area contributed by atoms with E-state index in [1.165, 1.54) is 11.3 Å². The van der Waals surface area contributed by atoms with Crippen LogP contribution in [0, 0.1) is 0 Å². The Morgan fingerprint density at radius 1 is 1.33 bits per heavy atom. The summed E-state index contributed by atoms with van der Waals surface area (Å²) in [7, 11) is 0. The van der Waals surface area contributed by atoms with E-state index in [2.05, 4.69) is 10.6 Å². The van der Waals surface area contributed by atoms with Gasteiger partial charge in [0.25, 0.3) is 0 Å². The summed E-state index contributed by atoms with van der Waals surface area (Å²) in [6, 6.07) is 8.90. The minimum absolute atomic E-state index is 0.281. The van der Waals surface area contributed by atoms with Crippen molar-refractivity contribution in [2.45, 2.75) is 30.5 Å². The monoisotopic (exact) mass is 422 g/mol. The molecule has 0 unspecified atom stereocenters. The van der Waals surface area contributed by atoms with Crippen LogP contribution in [0.2, 0.25) is 5.02 Å². The highest BCUT2D eigenvalue weighted by Gasteiger charge is 2.32. The predicted molar refractivity (Wildman–Crippen MR) is 109 cm³/mol. The third kappa shape index (κ3) is 4.86. The maximum Gasteiger partial charge on any atom is 0.338 e. The van der Waals surface area contributed by atoms with E-state index >= 15 is 0 Å². The topological polar surface area (TPSA) is 67.4 Å². The molecule has 1 aliphatic rings. The zero-order chi connectivity index (χ0) is 19.4. The van der Waals surface area contributed by atoms with Crippen LogP contribution in [0.1, 0.15) is 30.3 Å². The molecule has 0 fully saturated rings. The lowest BCUT2D eigenvalue weighted by Crippen LogP contribution is -2.45. The smallest absolute Gasteiger partial charge is 0.338 e. The second kappa shape index (κ2) is 8.82. The van der Waals surface area contributed by atoms with Gasteiger partial charge in [0.15, 0.2) is 0 Å². The van der Waals surface area contributed by atoms with E-state index in [1.54, 1.807) is 25.6 Å². The van der Waals surface area contributed by atoms with Gasteiger partial charge < -0.3 is 15.4 Å². The second-order valence-electron chi connectivity index (χ2n) is 5.89. The molecule has 0 aliphatic carbocycles. The maximum atomic E-state index is 12.4. The molecule has 27 heavy (non-hydrogen) atoms. The number of thioether (sulfide) groups is 1. The Morgan fingerprint density at radius 2 is 2.07 bits per heavy atom. The summed E-state index contributed by atoms with van der Waals surface area (Å²) in [6.45, 7) is 3.75. The van der Waals surface area contributed by atoms with Crippen molar-refractivity contribution in [1.29, 1.82) is 0 Å². The first-order valence-corrected chi connectivity index (χ1v) is 10.6. The number of allylic oxidation sites excluding steroid dienone is 1. The first-order valence-electron chi connectivity index (χ1n) is 8.39. The molecule has 1 aliphatic heterocycles. The Bertz CT molecular complexity index is 877. The van der Waals surface area contributed by atoms with E-state index in [-0.39, 0.29) is 12.6 Å². The summed E-state index contributed by atoms with van der Waals surface area (Å²) in [5.41, 5.74) is 2.09. The quantitative estimate of drug-likeness (QED) is 0.514. The Labute approximate surface area is 171 Å². The summed E-state index contributed by atoms with van der Waals surface area (Å²) in [5, 5.41) is 8.23. The van der Waals surface area contributed by atoms with Gasteiger partial charge in [0.1, 0.15) is 0 Å². The van der Waals surface area contributed by atoms with Crippen molar-refractivity contribution in [1.82, 2.24) is 10.6 Å². The standard InChI is InChI=1S/C19H19ClN2O3S2/c1-3-25-18(23)16-11(2)21-19(24)22-17(16)15-8-12(10-27-15)9-26-14-6-4-13(20)5-7-14/h4-8,10,17H,3,9H2,1-2H3,(H2,21,22,24)/t17-/m0/s1. The molecule has 2 N–H and O–H groups in total. The van der Waals surface area contributed by atoms with Crippen molar-refractivity contribution in [2.24, 2.45) is 0 Å². The molecule has 0 saturated carbocycles. The minimum atomic E-state index is -0.503. The van der Waals surface area contributed by atoms with Crippen LogP contribution < -0.4 is 10.6 Å². The zero-order valence-electron chi connectivity index (χ0n) is 14.9. The summed E-state index contributed by atoms with van der Waals surface area (Å²) >= 11 is 9.14. The molecule has 1 aromatic heterocycles. The molecular weight excluding hydrogens is 404 g/mol. The molecule has 0 bridgehead atoms. The van der Waals surface area contributed by atoms with Crippen molar-refractivity contribution >= 4 is 46.7 Å². The number of hydrogen-bond acceptors (Lipinski definition) is 5. The Balaban J connectivity index is 1.76. The highest BCUT2D eigenvalue weighted by Crippen LogP contribution is 2.34. The first-order chi connectivity index (χ1) is 13.0. The van der Waals surface area contributed by atoms with Gasteiger partial charge in [-0.15, -0.1) is 23.1 Å². The normalized spacial score (nSPS) is 16.7. The van der Waals surface area contributed by atoms with Crippen molar-refractivity contribution in [3.63, 3.8) is 0 Å². The number of nitrogens with one attached hydrogen (secondary N) is 2. The van der Waals surface area contributed by atoms with Gasteiger partial charge in [-0.1, -0.05) is 11.6 Å². The van der Waals surface area contributed by atoms with Crippen LogP contribution in [0.3, 0.4) is 0 Å². The highest BCUT2D eigenvalue weighted by molar-refractivity contribution is 7.98. The summed E-state index contributed by atoms with van der Waals surface area (Å²) in [6.07, 6.45) is 0. The van der Waals surface area contributed by atoms with E-state index < -0.39 is 12.0 Å². The summed E-state index contributed by atoms with van der Waals surface area (Å²) in [4.78, 5) is 26.3. The van der Waals surface area contributed by atoms with Gasteiger partial charge in [0.2, 0.25) is 0 Å². The Morgan fingerprint density at radius 3 is 2.78 bits per heavy atom. The van der Waals surface area contributed by atoms with Crippen LogP contribution in [0.15, 0.2) is 51.9 Å². The number of carbonyl (C=O) groups is 2. The largest absolute Gasteiger partial charge is 0.463 e. The number of hydrogen-bond donors (Lipinski definition) is 2. The SMILES string of the molecule is CCOC(=O)C1=C(C)NC(=O)N[C@H]1c1cc(CSc2ccc(Cl)cc2)cs1. The molecule has 2 aromatic rings. The average Bonchev–Trinajstić information content (AvgIpc) is 3.09. The number of urea groups is 1. The third-order valence-corrected chi connectivity index (χ3v) is 6.32. The number of rotatable bonds is 6. The Hall–Kier alpha value is -1.96. The number of ether oxygens (including phenoxy) is 1. The van der Waals surface area contributed by atoms with Gasteiger partial charge >= 0.3 is 12.0 Å². The molecule has 0 saturated heterocycles. The molecule has 8 heteroatoms. The number of halogens is 1. The minimum Gasteiger partial charge on any atom is -0.463 e. The first kappa shape index (κ1) is 19.8. The molecule has 1 aromatic carbocycles. The molecule has 3 rings (SSSR count). The molecule has 1 atom stereocenters. The van der Waals surface area contributed by atoms with Crippen LogP contribution in [0.25, 0.3) is 0 Å². The van der Waals surface area contributed by atoms with Crippen molar-refractivity contribution < 1.29 is 14.3 Å².